The molecule has 0 atom stereocenters. The molecule has 1 aromatic carbocycles. The van der Waals surface area contributed by atoms with Crippen molar-refractivity contribution in [2.75, 3.05) is 31.1 Å². The van der Waals surface area contributed by atoms with Gasteiger partial charge in [-0.05, 0) is 23.8 Å². The molecule has 3 rings (SSSR count). The van der Waals surface area contributed by atoms with Gasteiger partial charge in [-0.25, -0.2) is 4.98 Å². The van der Waals surface area contributed by atoms with E-state index in [4.69, 9.17) is 11.6 Å². The maximum atomic E-state index is 13.3. The molecule has 0 radical (unpaired) electrons. The molecule has 3 nitrogen and oxygen atoms in total. The summed E-state index contributed by atoms with van der Waals surface area (Å²) >= 11 is 7.16. The van der Waals surface area contributed by atoms with Crippen LogP contribution in [0.25, 0.3) is 0 Å². The first-order chi connectivity index (χ1) is 11.9. The van der Waals surface area contributed by atoms with Crippen molar-refractivity contribution in [3.05, 3.63) is 52.5 Å². The van der Waals surface area contributed by atoms with Gasteiger partial charge >= 0.3 is 6.18 Å². The number of nitrogens with zero attached hydrogens (tertiary/aromatic N) is 2. The number of aromatic nitrogens is 1. The molecule has 1 aromatic heterocycles. The third-order valence-electron chi connectivity index (χ3n) is 3.91. The van der Waals surface area contributed by atoms with E-state index in [1.807, 2.05) is 17.0 Å². The van der Waals surface area contributed by atoms with Crippen LogP contribution in [0.1, 0.15) is 11.1 Å². The lowest BCUT2D eigenvalue weighted by Gasteiger charge is -2.29. The maximum absolute atomic E-state index is 13.3. The number of thioether (sulfide) groups is 1. The van der Waals surface area contributed by atoms with Crippen LogP contribution in [0, 0.1) is 0 Å². The van der Waals surface area contributed by atoms with Crippen LogP contribution in [0.15, 0.2) is 41.4 Å². The molecule has 25 heavy (non-hydrogen) atoms. The number of benzene rings is 1. The summed E-state index contributed by atoms with van der Waals surface area (Å²) in [5, 5.41) is 3.75. The molecule has 0 aliphatic carbocycles. The lowest BCUT2D eigenvalue weighted by atomic mass is 10.2. The van der Waals surface area contributed by atoms with Gasteiger partial charge in [0.15, 0.2) is 0 Å². The number of piperazine rings is 1. The van der Waals surface area contributed by atoms with Gasteiger partial charge in [-0.2, -0.15) is 13.2 Å². The summed E-state index contributed by atoms with van der Waals surface area (Å²) in [6, 6.07) is 9.72. The molecule has 1 saturated heterocycles. The smallest absolute Gasteiger partial charge is 0.354 e. The van der Waals surface area contributed by atoms with Gasteiger partial charge in [0.25, 0.3) is 0 Å². The topological polar surface area (TPSA) is 28.2 Å². The number of pyridine rings is 1. The Labute approximate surface area is 153 Å². The summed E-state index contributed by atoms with van der Waals surface area (Å²) in [7, 11) is 0. The molecule has 1 aliphatic rings. The second kappa shape index (κ2) is 7.85. The van der Waals surface area contributed by atoms with Gasteiger partial charge in [0.1, 0.15) is 10.8 Å². The number of hydrogen-bond acceptors (Lipinski definition) is 4. The molecular formula is C17H17ClF3N3S. The zero-order chi connectivity index (χ0) is 17.9. The van der Waals surface area contributed by atoms with Gasteiger partial charge in [0.2, 0.25) is 0 Å². The minimum Gasteiger partial charge on any atom is -0.354 e. The van der Waals surface area contributed by atoms with Crippen LogP contribution in [0.3, 0.4) is 0 Å². The van der Waals surface area contributed by atoms with Crippen LogP contribution in [0.4, 0.5) is 19.0 Å². The fraction of sp³-hybridized carbons (Fsp3) is 0.353. The minimum atomic E-state index is -4.43. The van der Waals surface area contributed by atoms with Crippen molar-refractivity contribution in [1.29, 1.82) is 0 Å². The number of halogens is 4. The van der Waals surface area contributed by atoms with Crippen molar-refractivity contribution < 1.29 is 13.2 Å². The first kappa shape index (κ1) is 18.4. The van der Waals surface area contributed by atoms with E-state index < -0.39 is 11.7 Å². The third kappa shape index (κ3) is 4.59. The fourth-order valence-electron chi connectivity index (χ4n) is 2.59. The van der Waals surface area contributed by atoms with Gasteiger partial charge < -0.3 is 10.2 Å². The van der Waals surface area contributed by atoms with Crippen molar-refractivity contribution >= 4 is 29.2 Å². The van der Waals surface area contributed by atoms with E-state index in [1.165, 1.54) is 6.07 Å². The van der Waals surface area contributed by atoms with Crippen molar-refractivity contribution in [1.82, 2.24) is 10.3 Å². The largest absolute Gasteiger partial charge is 0.419 e. The van der Waals surface area contributed by atoms with Crippen LogP contribution < -0.4 is 10.2 Å². The molecule has 0 saturated carbocycles. The summed E-state index contributed by atoms with van der Waals surface area (Å²) in [5.74, 6) is 0.914. The monoisotopic (exact) mass is 387 g/mol. The molecule has 0 spiro atoms. The summed E-state index contributed by atoms with van der Waals surface area (Å²) in [4.78, 5) is 6.30. The number of hydrogen-bond donors (Lipinski definition) is 1. The Morgan fingerprint density at radius 3 is 2.52 bits per heavy atom. The number of alkyl halides is 3. The molecule has 2 heterocycles. The molecule has 0 bridgehead atoms. The van der Waals surface area contributed by atoms with E-state index in [1.54, 1.807) is 12.1 Å². The molecule has 0 amide bonds. The molecule has 8 heteroatoms. The Morgan fingerprint density at radius 2 is 1.84 bits per heavy atom. The van der Waals surface area contributed by atoms with Crippen LogP contribution in [-0.4, -0.2) is 31.2 Å². The molecule has 1 aliphatic heterocycles. The number of nitrogens with one attached hydrogen (secondary N) is 1. The van der Waals surface area contributed by atoms with Crippen molar-refractivity contribution in [3.8, 4) is 0 Å². The predicted molar refractivity (Wildman–Crippen MR) is 95.3 cm³/mol. The number of anilines is 1. The van der Waals surface area contributed by atoms with E-state index in [-0.39, 0.29) is 5.03 Å². The molecule has 1 fully saturated rings. The first-order valence-corrected chi connectivity index (χ1v) is 9.21. The van der Waals surface area contributed by atoms with Crippen molar-refractivity contribution in [2.45, 2.75) is 17.0 Å². The highest BCUT2D eigenvalue weighted by Crippen LogP contribution is 2.38. The SMILES string of the molecule is FC(F)(F)c1ccc(N2CCNCC2)nc1SCc1ccccc1Cl. The molecular weight excluding hydrogens is 371 g/mol. The van der Waals surface area contributed by atoms with E-state index in [0.29, 0.717) is 16.6 Å². The normalized spacial score (nSPS) is 15.4. The van der Waals surface area contributed by atoms with Gasteiger partial charge in [-0.15, -0.1) is 11.8 Å². The first-order valence-electron chi connectivity index (χ1n) is 7.85. The molecule has 2 aromatic rings. The average Bonchev–Trinajstić information content (AvgIpc) is 2.61. The molecule has 0 unspecified atom stereocenters. The highest BCUT2D eigenvalue weighted by atomic mass is 35.5. The second-order valence-corrected chi connectivity index (χ2v) is 7.01. The Hall–Kier alpha value is -1.44. The Bertz CT molecular complexity index is 733. The quantitative estimate of drug-likeness (QED) is 0.784. The summed E-state index contributed by atoms with van der Waals surface area (Å²) in [6.45, 7) is 3.05. The van der Waals surface area contributed by atoms with Gasteiger partial charge in [-0.3, -0.25) is 0 Å². The lowest BCUT2D eigenvalue weighted by Crippen LogP contribution is -2.44. The summed E-state index contributed by atoms with van der Waals surface area (Å²) < 4.78 is 40.0. The van der Waals surface area contributed by atoms with Gasteiger partial charge in [0.05, 0.1) is 5.56 Å². The fourth-order valence-corrected chi connectivity index (χ4v) is 3.91. The Balaban J connectivity index is 1.86. The van der Waals surface area contributed by atoms with Gasteiger partial charge in [0, 0.05) is 37.0 Å². The van der Waals surface area contributed by atoms with Crippen LogP contribution in [-0.2, 0) is 11.9 Å². The molecule has 1 N–H and O–H groups in total. The van der Waals surface area contributed by atoms with E-state index in [2.05, 4.69) is 10.3 Å². The summed E-state index contributed by atoms with van der Waals surface area (Å²) in [6.07, 6.45) is -4.43. The van der Waals surface area contributed by atoms with E-state index in [9.17, 15) is 13.2 Å². The Morgan fingerprint density at radius 1 is 1.12 bits per heavy atom. The van der Waals surface area contributed by atoms with Gasteiger partial charge in [-0.1, -0.05) is 29.8 Å². The van der Waals surface area contributed by atoms with E-state index >= 15 is 0 Å². The zero-order valence-electron chi connectivity index (χ0n) is 13.3. The second-order valence-electron chi connectivity index (χ2n) is 5.64. The van der Waals surface area contributed by atoms with Crippen LogP contribution in [0.5, 0.6) is 0 Å². The van der Waals surface area contributed by atoms with Crippen LogP contribution in [0.2, 0.25) is 5.02 Å². The standard InChI is InChI=1S/C17H17ClF3N3S/c18-14-4-2-1-3-12(14)11-25-16-13(17(19,20)21)5-6-15(23-16)24-9-7-22-8-10-24/h1-6,22H,7-11H2. The third-order valence-corrected chi connectivity index (χ3v) is 5.32. The summed E-state index contributed by atoms with van der Waals surface area (Å²) in [5.41, 5.74) is 0.0834. The minimum absolute atomic E-state index is 0.0107. The van der Waals surface area contributed by atoms with E-state index in [0.717, 1.165) is 49.6 Å². The van der Waals surface area contributed by atoms with Crippen molar-refractivity contribution in [3.63, 3.8) is 0 Å². The Kier molecular flexibility index (Phi) is 5.76. The predicted octanol–water partition coefficient (Wildman–Crippen LogP) is 4.46. The number of rotatable bonds is 4. The average molecular weight is 388 g/mol. The zero-order valence-corrected chi connectivity index (χ0v) is 14.9. The highest BCUT2D eigenvalue weighted by molar-refractivity contribution is 7.98. The van der Waals surface area contributed by atoms with Crippen LogP contribution >= 0.6 is 23.4 Å². The van der Waals surface area contributed by atoms with Crippen molar-refractivity contribution in [2.24, 2.45) is 0 Å². The molecule has 134 valence electrons. The maximum Gasteiger partial charge on any atom is 0.419 e. The highest BCUT2D eigenvalue weighted by Gasteiger charge is 2.35. The lowest BCUT2D eigenvalue weighted by molar-refractivity contribution is -0.140.